The van der Waals surface area contributed by atoms with Crippen LogP contribution in [0.1, 0.15) is 11.3 Å². The Morgan fingerprint density at radius 2 is 2.04 bits per heavy atom. The number of aromatic nitrogens is 2. The van der Waals surface area contributed by atoms with Gasteiger partial charge in [-0.05, 0) is 49.4 Å². The third kappa shape index (κ3) is 4.54. The normalized spacial score (nSPS) is 10.3. The molecule has 7 heteroatoms. The van der Waals surface area contributed by atoms with Crippen molar-refractivity contribution in [1.29, 1.82) is 5.26 Å². The van der Waals surface area contributed by atoms with E-state index in [1.807, 2.05) is 49.4 Å². The molecule has 1 heterocycles. The molecule has 5 nitrogen and oxygen atoms in total. The van der Waals surface area contributed by atoms with Gasteiger partial charge in [0.25, 0.3) is 0 Å². The lowest BCUT2D eigenvalue weighted by Crippen LogP contribution is -2.16. The number of nitriles is 1. The molecule has 0 radical (unpaired) electrons. The highest BCUT2D eigenvalue weighted by Gasteiger charge is 2.11. The standard InChI is InChI=1S/C19H15BrN4OS/c1-13-9-18(24(23-13)16-4-2-3-15(20)10-16)22-19(25)12-26-17-7-5-14(11-21)6-8-17/h2-10H,12H2,1H3,(H,22,25). The van der Waals surface area contributed by atoms with Crippen molar-refractivity contribution < 1.29 is 4.79 Å². The van der Waals surface area contributed by atoms with Crippen LogP contribution in [0.2, 0.25) is 0 Å². The average molecular weight is 427 g/mol. The van der Waals surface area contributed by atoms with Gasteiger partial charge in [-0.25, -0.2) is 4.68 Å². The number of aryl methyl sites for hydroxylation is 1. The minimum Gasteiger partial charge on any atom is -0.310 e. The lowest BCUT2D eigenvalue weighted by molar-refractivity contribution is -0.113. The van der Waals surface area contributed by atoms with E-state index >= 15 is 0 Å². The van der Waals surface area contributed by atoms with Crippen LogP contribution in [0.25, 0.3) is 5.69 Å². The second kappa shape index (κ2) is 8.21. The zero-order valence-electron chi connectivity index (χ0n) is 13.9. The zero-order valence-corrected chi connectivity index (χ0v) is 16.3. The molecule has 3 aromatic rings. The van der Waals surface area contributed by atoms with Crippen molar-refractivity contribution in [2.45, 2.75) is 11.8 Å². The van der Waals surface area contributed by atoms with Crippen molar-refractivity contribution >= 4 is 39.4 Å². The van der Waals surface area contributed by atoms with Crippen LogP contribution in [0.5, 0.6) is 0 Å². The van der Waals surface area contributed by atoms with E-state index in [-0.39, 0.29) is 11.7 Å². The number of nitrogens with zero attached hydrogens (tertiary/aromatic N) is 3. The Morgan fingerprint density at radius 3 is 2.73 bits per heavy atom. The first-order chi connectivity index (χ1) is 12.5. The van der Waals surface area contributed by atoms with Crippen molar-refractivity contribution in [3.63, 3.8) is 0 Å². The summed E-state index contributed by atoms with van der Waals surface area (Å²) in [5.41, 5.74) is 2.29. The van der Waals surface area contributed by atoms with Gasteiger partial charge in [0, 0.05) is 15.4 Å². The summed E-state index contributed by atoms with van der Waals surface area (Å²) >= 11 is 4.87. The molecule has 0 atom stereocenters. The fourth-order valence-electron chi connectivity index (χ4n) is 2.35. The number of benzene rings is 2. The van der Waals surface area contributed by atoms with Crippen molar-refractivity contribution in [3.05, 3.63) is 70.3 Å². The highest BCUT2D eigenvalue weighted by atomic mass is 79.9. The lowest BCUT2D eigenvalue weighted by Gasteiger charge is -2.09. The van der Waals surface area contributed by atoms with Crippen LogP contribution in [-0.4, -0.2) is 21.4 Å². The van der Waals surface area contributed by atoms with E-state index in [1.54, 1.807) is 16.8 Å². The molecule has 0 aliphatic carbocycles. The molecule has 1 amide bonds. The molecule has 0 aliphatic rings. The maximum Gasteiger partial charge on any atom is 0.235 e. The van der Waals surface area contributed by atoms with E-state index in [0.29, 0.717) is 11.4 Å². The Kier molecular flexibility index (Phi) is 5.76. The van der Waals surface area contributed by atoms with Gasteiger partial charge < -0.3 is 5.32 Å². The first kappa shape index (κ1) is 18.2. The molecule has 0 unspecified atom stereocenters. The topological polar surface area (TPSA) is 70.7 Å². The van der Waals surface area contributed by atoms with Crippen LogP contribution in [-0.2, 0) is 4.79 Å². The lowest BCUT2D eigenvalue weighted by atomic mass is 10.2. The SMILES string of the molecule is Cc1cc(NC(=O)CSc2ccc(C#N)cc2)n(-c2cccc(Br)c2)n1. The van der Waals surface area contributed by atoms with Crippen LogP contribution in [0.15, 0.2) is 64.0 Å². The molecule has 0 fully saturated rings. The number of anilines is 1. The van der Waals surface area contributed by atoms with Gasteiger partial charge in [0.2, 0.25) is 5.91 Å². The van der Waals surface area contributed by atoms with E-state index in [1.165, 1.54) is 11.8 Å². The number of thioether (sulfide) groups is 1. The molecule has 3 rings (SSSR count). The smallest absolute Gasteiger partial charge is 0.235 e. The van der Waals surface area contributed by atoms with Gasteiger partial charge in [-0.1, -0.05) is 22.0 Å². The molecule has 0 aliphatic heterocycles. The van der Waals surface area contributed by atoms with E-state index in [9.17, 15) is 4.79 Å². The predicted octanol–water partition coefficient (Wildman–Crippen LogP) is 4.55. The summed E-state index contributed by atoms with van der Waals surface area (Å²) in [7, 11) is 0. The number of rotatable bonds is 5. The monoisotopic (exact) mass is 426 g/mol. The van der Waals surface area contributed by atoms with E-state index in [4.69, 9.17) is 5.26 Å². The molecule has 26 heavy (non-hydrogen) atoms. The molecule has 130 valence electrons. The Morgan fingerprint density at radius 1 is 1.27 bits per heavy atom. The van der Waals surface area contributed by atoms with Crippen molar-refractivity contribution in [2.24, 2.45) is 0 Å². The number of hydrogen-bond donors (Lipinski definition) is 1. The summed E-state index contributed by atoms with van der Waals surface area (Å²) < 4.78 is 2.65. The summed E-state index contributed by atoms with van der Waals surface area (Å²) in [4.78, 5) is 13.3. The minimum atomic E-state index is -0.115. The second-order valence-corrected chi connectivity index (χ2v) is 7.50. The fraction of sp³-hybridized carbons (Fsp3) is 0.105. The van der Waals surface area contributed by atoms with E-state index in [2.05, 4.69) is 32.4 Å². The quantitative estimate of drug-likeness (QED) is 0.607. The Balaban J connectivity index is 1.68. The number of nitrogens with one attached hydrogen (secondary N) is 1. The Labute approximate surface area is 164 Å². The molecular formula is C19H15BrN4OS. The fourth-order valence-corrected chi connectivity index (χ4v) is 3.43. The van der Waals surface area contributed by atoms with Crippen LogP contribution in [0.4, 0.5) is 5.82 Å². The summed E-state index contributed by atoms with van der Waals surface area (Å²) in [5, 5.41) is 16.2. The van der Waals surface area contributed by atoms with Gasteiger partial charge >= 0.3 is 0 Å². The molecule has 1 N–H and O–H groups in total. The number of carbonyl (C=O) groups excluding carboxylic acids is 1. The number of amides is 1. The molecule has 1 aromatic heterocycles. The molecule has 0 saturated heterocycles. The van der Waals surface area contributed by atoms with Crippen molar-refractivity contribution in [2.75, 3.05) is 11.1 Å². The Hall–Kier alpha value is -2.56. The van der Waals surface area contributed by atoms with Gasteiger partial charge in [0.15, 0.2) is 0 Å². The first-order valence-electron chi connectivity index (χ1n) is 7.80. The van der Waals surface area contributed by atoms with Crippen molar-refractivity contribution in [1.82, 2.24) is 9.78 Å². The predicted molar refractivity (Wildman–Crippen MR) is 107 cm³/mol. The van der Waals surface area contributed by atoms with Gasteiger partial charge in [-0.15, -0.1) is 11.8 Å². The molecule has 0 bridgehead atoms. The largest absolute Gasteiger partial charge is 0.310 e. The third-order valence-electron chi connectivity index (χ3n) is 3.51. The van der Waals surface area contributed by atoms with Gasteiger partial charge in [0.1, 0.15) is 5.82 Å². The van der Waals surface area contributed by atoms with Crippen LogP contribution < -0.4 is 5.32 Å². The van der Waals surface area contributed by atoms with E-state index < -0.39 is 0 Å². The van der Waals surface area contributed by atoms with Gasteiger partial charge in [-0.2, -0.15) is 10.4 Å². The second-order valence-electron chi connectivity index (χ2n) is 5.54. The Bertz CT molecular complexity index is 976. The van der Waals surface area contributed by atoms with Crippen molar-refractivity contribution in [3.8, 4) is 11.8 Å². The number of hydrogen-bond acceptors (Lipinski definition) is 4. The van der Waals surface area contributed by atoms with Gasteiger partial charge in [-0.3, -0.25) is 4.79 Å². The van der Waals surface area contributed by atoms with Gasteiger partial charge in [0.05, 0.1) is 28.8 Å². The average Bonchev–Trinajstić information content (AvgIpc) is 3.00. The van der Waals surface area contributed by atoms with Crippen LogP contribution >= 0.6 is 27.7 Å². The maximum absolute atomic E-state index is 12.3. The molecule has 0 spiro atoms. The summed E-state index contributed by atoms with van der Waals surface area (Å²) in [5.74, 6) is 0.788. The summed E-state index contributed by atoms with van der Waals surface area (Å²) in [6.45, 7) is 1.88. The highest BCUT2D eigenvalue weighted by molar-refractivity contribution is 9.10. The minimum absolute atomic E-state index is 0.115. The summed E-state index contributed by atoms with van der Waals surface area (Å²) in [6, 6.07) is 18.8. The highest BCUT2D eigenvalue weighted by Crippen LogP contribution is 2.22. The third-order valence-corrected chi connectivity index (χ3v) is 5.01. The first-order valence-corrected chi connectivity index (χ1v) is 9.58. The summed E-state index contributed by atoms with van der Waals surface area (Å²) in [6.07, 6.45) is 0. The zero-order chi connectivity index (χ0) is 18.5. The van der Waals surface area contributed by atoms with Crippen LogP contribution in [0, 0.1) is 18.3 Å². The number of carbonyl (C=O) groups is 1. The number of halogens is 1. The maximum atomic E-state index is 12.3. The molecule has 0 saturated carbocycles. The van der Waals surface area contributed by atoms with E-state index in [0.717, 1.165) is 20.7 Å². The molecule has 2 aromatic carbocycles. The van der Waals surface area contributed by atoms with Crippen LogP contribution in [0.3, 0.4) is 0 Å². The molecular weight excluding hydrogens is 412 g/mol.